The summed E-state index contributed by atoms with van der Waals surface area (Å²) in [5, 5.41) is 10.3. The van der Waals surface area contributed by atoms with Crippen LogP contribution < -0.4 is 5.11 Å². The van der Waals surface area contributed by atoms with E-state index in [9.17, 15) is 9.90 Å². The lowest BCUT2D eigenvalue weighted by molar-refractivity contribution is -0.884. The molecule has 0 unspecified atom stereocenters. The molecule has 0 N–H and O–H groups in total. The summed E-state index contributed by atoms with van der Waals surface area (Å²) in [7, 11) is 3.57. The minimum Gasteiger partial charge on any atom is -0.544 e. The lowest BCUT2D eigenvalue weighted by atomic mass is 10.3. The van der Waals surface area contributed by atoms with Gasteiger partial charge in [-0.3, -0.25) is 0 Å². The minimum absolute atomic E-state index is 0.0364. The maximum Gasteiger partial charge on any atom is 0.164 e. The number of likely N-dealkylation sites (N-methyl/N-ethyl adjacent to an activating group) is 1. The molecule has 0 amide bonds. The highest BCUT2D eigenvalue weighted by atomic mass is 16.4. The number of carboxylic acid groups (broad SMARTS) is 1. The van der Waals surface area contributed by atoms with Gasteiger partial charge in [-0.2, -0.15) is 0 Å². The average molecular weight is 182 g/mol. The van der Waals surface area contributed by atoms with E-state index in [1.165, 1.54) is 0 Å². The van der Waals surface area contributed by atoms with E-state index in [4.69, 9.17) is 6.57 Å². The van der Waals surface area contributed by atoms with E-state index in [0.717, 1.165) is 0 Å². The van der Waals surface area contributed by atoms with Crippen molar-refractivity contribution in [1.82, 2.24) is 0 Å². The fourth-order valence-electron chi connectivity index (χ4n) is 0.916. The quantitative estimate of drug-likeness (QED) is 0.430. The predicted molar refractivity (Wildman–Crippen MR) is 47.2 cm³/mol. The normalized spacial score (nSPS) is 10.5. The van der Waals surface area contributed by atoms with Gasteiger partial charge in [0.1, 0.15) is 6.54 Å². The molecule has 0 bridgehead atoms. The molecule has 13 heavy (non-hydrogen) atoms. The molecule has 0 aliphatic carbocycles. The van der Waals surface area contributed by atoms with Gasteiger partial charge >= 0.3 is 0 Å². The summed E-state index contributed by atoms with van der Waals surface area (Å²) in [5.74, 6) is -1.07. The van der Waals surface area contributed by atoms with Gasteiger partial charge in [-0.05, 0) is 0 Å². The average Bonchev–Trinajstić information content (AvgIpc) is 1.98. The fraction of sp³-hybridized carbons (Fsp3) is 0.556. The summed E-state index contributed by atoms with van der Waals surface area (Å²) >= 11 is 0. The van der Waals surface area contributed by atoms with E-state index in [1.54, 1.807) is 14.1 Å². The Morgan fingerprint density at radius 1 is 1.62 bits per heavy atom. The van der Waals surface area contributed by atoms with Crippen molar-refractivity contribution in [3.8, 4) is 0 Å². The molecule has 0 aliphatic heterocycles. The highest BCUT2D eigenvalue weighted by molar-refractivity contribution is 5.65. The summed E-state index contributed by atoms with van der Waals surface area (Å²) in [5.41, 5.74) is 0.463. The largest absolute Gasteiger partial charge is 0.544 e. The molecule has 0 aromatic heterocycles. The number of hydrogen-bond donors (Lipinski definition) is 0. The first-order valence-electron chi connectivity index (χ1n) is 3.94. The monoisotopic (exact) mass is 182 g/mol. The summed E-state index contributed by atoms with van der Waals surface area (Å²) in [6, 6.07) is 0. The van der Waals surface area contributed by atoms with Crippen LogP contribution in [0.5, 0.6) is 0 Å². The van der Waals surface area contributed by atoms with Crippen LogP contribution in [0.15, 0.2) is 12.3 Å². The summed E-state index contributed by atoms with van der Waals surface area (Å²) < 4.78 is 0.316. The number of quaternary nitrogens is 1. The first-order chi connectivity index (χ1) is 5.87. The number of nitrogens with zero attached hydrogens (tertiary/aromatic N) is 2. The Morgan fingerprint density at radius 3 is 2.54 bits per heavy atom. The molecule has 0 aromatic rings. The highest BCUT2D eigenvalue weighted by Crippen LogP contribution is 2.05. The van der Waals surface area contributed by atoms with Gasteiger partial charge in [-0.1, -0.05) is 6.58 Å². The first-order valence-corrected chi connectivity index (χ1v) is 3.94. The van der Waals surface area contributed by atoms with Crippen molar-refractivity contribution in [3.05, 3.63) is 23.7 Å². The minimum atomic E-state index is -1.07. The maximum atomic E-state index is 10.3. The molecule has 0 heterocycles. The van der Waals surface area contributed by atoms with Crippen molar-refractivity contribution in [2.75, 3.05) is 27.2 Å². The van der Waals surface area contributed by atoms with Gasteiger partial charge in [0.25, 0.3) is 0 Å². The molecule has 0 saturated carbocycles. The van der Waals surface area contributed by atoms with Crippen LogP contribution in [0.2, 0.25) is 0 Å². The molecular formula is C9H14N2O2. The van der Waals surface area contributed by atoms with Crippen molar-refractivity contribution >= 4 is 5.97 Å². The van der Waals surface area contributed by atoms with E-state index < -0.39 is 5.97 Å². The van der Waals surface area contributed by atoms with Gasteiger partial charge in [-0.25, -0.2) is 4.85 Å². The molecule has 0 fully saturated rings. The van der Waals surface area contributed by atoms with Crippen molar-refractivity contribution in [2.24, 2.45) is 0 Å². The van der Waals surface area contributed by atoms with Gasteiger partial charge in [0.05, 0.1) is 33.2 Å². The molecule has 4 nitrogen and oxygen atoms in total. The summed E-state index contributed by atoms with van der Waals surface area (Å²) in [4.78, 5) is 13.5. The van der Waals surface area contributed by atoms with Gasteiger partial charge in [0.15, 0.2) is 5.70 Å². The van der Waals surface area contributed by atoms with Crippen LogP contribution in [-0.2, 0) is 4.79 Å². The van der Waals surface area contributed by atoms with Crippen LogP contribution >= 0.6 is 0 Å². The van der Waals surface area contributed by atoms with Crippen LogP contribution in [0.1, 0.15) is 6.42 Å². The molecule has 0 radical (unpaired) electrons. The second-order valence-corrected chi connectivity index (χ2v) is 3.62. The third-order valence-corrected chi connectivity index (χ3v) is 1.72. The lowest BCUT2D eigenvalue weighted by Gasteiger charge is -2.29. The van der Waals surface area contributed by atoms with Crippen molar-refractivity contribution in [2.45, 2.75) is 6.42 Å². The SMILES string of the molecule is [C-]#[N+]C(=C)CC[N+](C)(C)CC(=O)[O-]. The van der Waals surface area contributed by atoms with Gasteiger partial charge in [-0.15, -0.1) is 0 Å². The molecule has 0 saturated heterocycles. The fourth-order valence-corrected chi connectivity index (χ4v) is 0.916. The number of carbonyl (C=O) groups is 1. The van der Waals surface area contributed by atoms with E-state index >= 15 is 0 Å². The number of carboxylic acids is 1. The zero-order chi connectivity index (χ0) is 10.5. The number of rotatable bonds is 5. The van der Waals surface area contributed by atoms with Crippen molar-refractivity contribution in [3.63, 3.8) is 0 Å². The van der Waals surface area contributed by atoms with Crippen LogP contribution in [0, 0.1) is 6.57 Å². The standard InChI is InChI=1S/C9H14N2O2/c1-8(10-2)5-6-11(3,4)7-9(12)13/h1,5-7H2,3-4H3. The van der Waals surface area contributed by atoms with Crippen LogP contribution in [0.25, 0.3) is 4.85 Å². The van der Waals surface area contributed by atoms with Gasteiger partial charge < -0.3 is 14.4 Å². The number of hydrogen-bond acceptors (Lipinski definition) is 2. The summed E-state index contributed by atoms with van der Waals surface area (Å²) in [6.07, 6.45) is 0.532. The topological polar surface area (TPSA) is 44.5 Å². The molecule has 0 spiro atoms. The zero-order valence-corrected chi connectivity index (χ0v) is 8.04. The molecule has 4 heteroatoms. The Labute approximate surface area is 78.5 Å². The maximum absolute atomic E-state index is 10.3. The molecule has 72 valence electrons. The van der Waals surface area contributed by atoms with Crippen molar-refractivity contribution < 1.29 is 14.4 Å². The van der Waals surface area contributed by atoms with Crippen molar-refractivity contribution in [1.29, 1.82) is 0 Å². The number of aliphatic carboxylic acids is 1. The van der Waals surface area contributed by atoms with Crippen LogP contribution in [0.4, 0.5) is 0 Å². The Morgan fingerprint density at radius 2 is 2.15 bits per heavy atom. The second-order valence-electron chi connectivity index (χ2n) is 3.62. The van der Waals surface area contributed by atoms with E-state index in [0.29, 0.717) is 23.1 Å². The lowest BCUT2D eigenvalue weighted by Crippen LogP contribution is -2.48. The van der Waals surface area contributed by atoms with Crippen LogP contribution in [-0.4, -0.2) is 37.6 Å². The van der Waals surface area contributed by atoms with E-state index in [1.807, 2.05) is 0 Å². The number of carbonyl (C=O) groups excluding carboxylic acids is 1. The molecule has 0 aromatic carbocycles. The van der Waals surface area contributed by atoms with Gasteiger partial charge in [0.2, 0.25) is 0 Å². The predicted octanol–water partition coefficient (Wildman–Crippen LogP) is -0.364. The highest BCUT2D eigenvalue weighted by Gasteiger charge is 2.15. The second kappa shape index (κ2) is 4.63. The van der Waals surface area contributed by atoms with E-state index in [-0.39, 0.29) is 6.54 Å². The Kier molecular flexibility index (Phi) is 4.15. The molecule has 0 atom stereocenters. The molecular weight excluding hydrogens is 168 g/mol. The Balaban J connectivity index is 3.97. The first kappa shape index (κ1) is 11.7. The summed E-state index contributed by atoms with van der Waals surface area (Å²) in [6.45, 7) is 10.7. The Bertz CT molecular complexity index is 251. The van der Waals surface area contributed by atoms with Crippen LogP contribution in [0.3, 0.4) is 0 Å². The third-order valence-electron chi connectivity index (χ3n) is 1.72. The van der Waals surface area contributed by atoms with E-state index in [2.05, 4.69) is 11.4 Å². The zero-order valence-electron chi connectivity index (χ0n) is 8.04. The molecule has 0 rings (SSSR count). The van der Waals surface area contributed by atoms with Gasteiger partial charge in [0, 0.05) is 6.42 Å². The smallest absolute Gasteiger partial charge is 0.164 e. The molecule has 0 aliphatic rings. The Hall–Kier alpha value is -1.34. The third kappa shape index (κ3) is 5.88.